The van der Waals surface area contributed by atoms with E-state index >= 15 is 0 Å². The first-order chi connectivity index (χ1) is 12.3. The maximum atomic E-state index is 5.16. The largest absolute Gasteiger partial charge is 0.481 e. The van der Waals surface area contributed by atoms with E-state index in [1.165, 1.54) is 0 Å². The molecule has 25 heavy (non-hydrogen) atoms. The van der Waals surface area contributed by atoms with E-state index in [0.29, 0.717) is 12.4 Å². The van der Waals surface area contributed by atoms with E-state index in [1.54, 1.807) is 13.4 Å². The van der Waals surface area contributed by atoms with Gasteiger partial charge in [0.1, 0.15) is 6.26 Å². The smallest absolute Gasteiger partial charge is 0.213 e. The molecule has 0 aromatic carbocycles. The fraction of sp³-hybridized carbons (Fsp3) is 0.471. The Morgan fingerprint density at radius 1 is 1.24 bits per heavy atom. The SMILES string of the molecule is CN=C(NCc1cccc(OC)n1)N1CCN(Cc2ccon2)CC1. The van der Waals surface area contributed by atoms with Gasteiger partial charge in [-0.05, 0) is 6.07 Å². The molecule has 0 unspecified atom stereocenters. The van der Waals surface area contributed by atoms with E-state index in [-0.39, 0.29) is 0 Å². The van der Waals surface area contributed by atoms with Crippen molar-refractivity contribution in [1.82, 2.24) is 25.3 Å². The van der Waals surface area contributed by atoms with Crippen LogP contribution in [0.25, 0.3) is 0 Å². The van der Waals surface area contributed by atoms with Crippen LogP contribution in [0.4, 0.5) is 0 Å². The molecule has 1 fully saturated rings. The average molecular weight is 344 g/mol. The van der Waals surface area contributed by atoms with Gasteiger partial charge in [0.2, 0.25) is 5.88 Å². The third kappa shape index (κ3) is 4.69. The van der Waals surface area contributed by atoms with Crippen LogP contribution in [0.15, 0.2) is 40.0 Å². The van der Waals surface area contributed by atoms with Gasteiger partial charge in [0, 0.05) is 51.9 Å². The second-order valence-electron chi connectivity index (χ2n) is 5.83. The average Bonchev–Trinajstić information content (AvgIpc) is 3.17. The summed E-state index contributed by atoms with van der Waals surface area (Å²) < 4.78 is 10.1. The third-order valence-corrected chi connectivity index (χ3v) is 4.18. The minimum absolute atomic E-state index is 0.614. The van der Waals surface area contributed by atoms with Crippen LogP contribution in [0.3, 0.4) is 0 Å². The topological polar surface area (TPSA) is 79.0 Å². The predicted molar refractivity (Wildman–Crippen MR) is 94.3 cm³/mol. The van der Waals surface area contributed by atoms with Crippen molar-refractivity contribution < 1.29 is 9.26 Å². The van der Waals surface area contributed by atoms with Gasteiger partial charge in [0.15, 0.2) is 5.96 Å². The summed E-state index contributed by atoms with van der Waals surface area (Å²) in [4.78, 5) is 13.4. The molecule has 0 bridgehead atoms. The van der Waals surface area contributed by atoms with Crippen molar-refractivity contribution in [2.45, 2.75) is 13.1 Å². The van der Waals surface area contributed by atoms with E-state index in [4.69, 9.17) is 9.26 Å². The maximum absolute atomic E-state index is 5.16. The molecule has 3 heterocycles. The third-order valence-electron chi connectivity index (χ3n) is 4.18. The number of ether oxygens (including phenoxy) is 1. The van der Waals surface area contributed by atoms with Gasteiger partial charge < -0.3 is 19.5 Å². The first-order valence-corrected chi connectivity index (χ1v) is 8.35. The van der Waals surface area contributed by atoms with Gasteiger partial charge in [0.25, 0.3) is 0 Å². The Hall–Kier alpha value is -2.61. The molecule has 1 N–H and O–H groups in total. The lowest BCUT2D eigenvalue weighted by atomic mass is 10.3. The highest BCUT2D eigenvalue weighted by Gasteiger charge is 2.20. The van der Waals surface area contributed by atoms with Gasteiger partial charge in [-0.2, -0.15) is 0 Å². The van der Waals surface area contributed by atoms with Crippen LogP contribution in [0.1, 0.15) is 11.4 Å². The fourth-order valence-electron chi connectivity index (χ4n) is 2.84. The standard InChI is InChI=1S/C17H24N6O2/c1-18-17(19-12-14-4-3-5-16(20-14)24-2)23-9-7-22(8-10-23)13-15-6-11-25-21-15/h3-6,11H,7-10,12-13H2,1-2H3,(H,18,19). The zero-order valence-corrected chi connectivity index (χ0v) is 14.7. The van der Waals surface area contributed by atoms with E-state index in [1.807, 2.05) is 31.3 Å². The number of aromatic nitrogens is 2. The van der Waals surface area contributed by atoms with E-state index in [9.17, 15) is 0 Å². The fourth-order valence-corrected chi connectivity index (χ4v) is 2.84. The van der Waals surface area contributed by atoms with Crippen LogP contribution in [0.5, 0.6) is 5.88 Å². The number of hydrogen-bond donors (Lipinski definition) is 1. The minimum atomic E-state index is 0.614. The van der Waals surface area contributed by atoms with Crippen LogP contribution >= 0.6 is 0 Å². The van der Waals surface area contributed by atoms with Gasteiger partial charge >= 0.3 is 0 Å². The molecule has 0 atom stereocenters. The van der Waals surface area contributed by atoms with Gasteiger partial charge in [-0.15, -0.1) is 0 Å². The second kappa shape index (κ2) is 8.48. The number of guanidine groups is 1. The molecule has 1 saturated heterocycles. The summed E-state index contributed by atoms with van der Waals surface area (Å²) >= 11 is 0. The number of rotatable bonds is 5. The molecule has 3 rings (SSSR count). The molecule has 0 aliphatic carbocycles. The molecule has 8 heteroatoms. The molecule has 0 amide bonds. The normalized spacial score (nSPS) is 16.1. The van der Waals surface area contributed by atoms with Crippen LogP contribution in [0, 0.1) is 0 Å². The Morgan fingerprint density at radius 2 is 2.08 bits per heavy atom. The zero-order valence-electron chi connectivity index (χ0n) is 14.7. The van der Waals surface area contributed by atoms with Crippen molar-refractivity contribution in [2.24, 2.45) is 4.99 Å². The van der Waals surface area contributed by atoms with Crippen LogP contribution < -0.4 is 10.1 Å². The number of nitrogens with one attached hydrogen (secondary N) is 1. The highest BCUT2D eigenvalue weighted by atomic mass is 16.5. The number of pyridine rings is 1. The van der Waals surface area contributed by atoms with Gasteiger partial charge in [-0.1, -0.05) is 11.2 Å². The van der Waals surface area contributed by atoms with E-state index < -0.39 is 0 Å². The molecule has 2 aromatic rings. The molecule has 134 valence electrons. The molecule has 0 radical (unpaired) electrons. The summed E-state index contributed by atoms with van der Waals surface area (Å²) in [6.07, 6.45) is 1.62. The monoisotopic (exact) mass is 344 g/mol. The lowest BCUT2D eigenvalue weighted by Gasteiger charge is -2.36. The van der Waals surface area contributed by atoms with E-state index in [0.717, 1.165) is 50.1 Å². The van der Waals surface area contributed by atoms with Gasteiger partial charge in [-0.25, -0.2) is 4.98 Å². The summed E-state index contributed by atoms with van der Waals surface area (Å²) in [6, 6.07) is 7.66. The maximum Gasteiger partial charge on any atom is 0.213 e. The summed E-state index contributed by atoms with van der Waals surface area (Å²) in [5.41, 5.74) is 1.89. The molecule has 8 nitrogen and oxygen atoms in total. The van der Waals surface area contributed by atoms with Gasteiger partial charge in [-0.3, -0.25) is 9.89 Å². The summed E-state index contributed by atoms with van der Waals surface area (Å²) in [7, 11) is 3.43. The molecular weight excluding hydrogens is 320 g/mol. The van der Waals surface area contributed by atoms with E-state index in [2.05, 4.69) is 30.2 Å². The van der Waals surface area contributed by atoms with Crippen LogP contribution in [0.2, 0.25) is 0 Å². The lowest BCUT2D eigenvalue weighted by molar-refractivity contribution is 0.169. The summed E-state index contributed by atoms with van der Waals surface area (Å²) in [6.45, 7) is 5.20. The molecular formula is C17H24N6O2. The molecule has 1 aliphatic heterocycles. The van der Waals surface area contributed by atoms with Crippen molar-refractivity contribution >= 4 is 5.96 Å². The summed E-state index contributed by atoms with van der Waals surface area (Å²) in [5, 5.41) is 7.35. The number of methoxy groups -OCH3 is 1. The first kappa shape index (κ1) is 17.2. The van der Waals surface area contributed by atoms with Crippen molar-refractivity contribution in [3.05, 3.63) is 41.9 Å². The quantitative estimate of drug-likeness (QED) is 0.639. The first-order valence-electron chi connectivity index (χ1n) is 8.35. The van der Waals surface area contributed by atoms with Crippen molar-refractivity contribution in [3.8, 4) is 5.88 Å². The van der Waals surface area contributed by atoms with Crippen molar-refractivity contribution in [3.63, 3.8) is 0 Å². The number of nitrogens with zero attached hydrogens (tertiary/aromatic N) is 5. The minimum Gasteiger partial charge on any atom is -0.481 e. The predicted octanol–water partition coefficient (Wildman–Crippen LogP) is 0.971. The Balaban J connectivity index is 1.49. The Labute approximate surface area is 147 Å². The second-order valence-corrected chi connectivity index (χ2v) is 5.83. The zero-order chi connectivity index (χ0) is 17.5. The van der Waals surface area contributed by atoms with Crippen LogP contribution in [-0.2, 0) is 13.1 Å². The number of hydrogen-bond acceptors (Lipinski definition) is 6. The molecule has 0 saturated carbocycles. The summed E-state index contributed by atoms with van der Waals surface area (Å²) in [5.74, 6) is 1.52. The Morgan fingerprint density at radius 3 is 2.76 bits per heavy atom. The molecule has 0 spiro atoms. The lowest BCUT2D eigenvalue weighted by Crippen LogP contribution is -2.52. The Kier molecular flexibility index (Phi) is 5.84. The molecule has 2 aromatic heterocycles. The highest BCUT2D eigenvalue weighted by molar-refractivity contribution is 5.79. The number of piperazine rings is 1. The van der Waals surface area contributed by atoms with Crippen molar-refractivity contribution in [1.29, 1.82) is 0 Å². The number of aliphatic imine (C=N–C) groups is 1. The van der Waals surface area contributed by atoms with Crippen molar-refractivity contribution in [2.75, 3.05) is 40.3 Å². The molecule has 1 aliphatic rings. The van der Waals surface area contributed by atoms with Gasteiger partial charge in [0.05, 0.1) is 25.0 Å². The highest BCUT2D eigenvalue weighted by Crippen LogP contribution is 2.09. The Bertz CT molecular complexity index is 680. The van der Waals surface area contributed by atoms with Crippen LogP contribution in [-0.4, -0.2) is 66.2 Å².